The molecular formula is C16H30N2O. The van der Waals surface area contributed by atoms with Crippen molar-refractivity contribution >= 4 is 5.91 Å². The molecule has 19 heavy (non-hydrogen) atoms. The van der Waals surface area contributed by atoms with Crippen LogP contribution in [0.1, 0.15) is 51.9 Å². The highest BCUT2D eigenvalue weighted by atomic mass is 16.2. The highest BCUT2D eigenvalue weighted by Crippen LogP contribution is 2.24. The molecule has 3 nitrogen and oxygen atoms in total. The van der Waals surface area contributed by atoms with E-state index in [1.807, 2.05) is 11.9 Å². The van der Waals surface area contributed by atoms with Crippen LogP contribution >= 0.6 is 0 Å². The maximum atomic E-state index is 12.3. The van der Waals surface area contributed by atoms with Gasteiger partial charge in [0.15, 0.2) is 0 Å². The summed E-state index contributed by atoms with van der Waals surface area (Å²) in [4.78, 5) is 16.6. The summed E-state index contributed by atoms with van der Waals surface area (Å²) in [6.45, 7) is 6.13. The van der Waals surface area contributed by atoms with Crippen molar-refractivity contribution in [2.45, 2.75) is 51.9 Å². The van der Waals surface area contributed by atoms with Gasteiger partial charge in [-0.1, -0.05) is 26.2 Å². The first-order valence-electron chi connectivity index (χ1n) is 8.11. The van der Waals surface area contributed by atoms with Crippen LogP contribution in [0.2, 0.25) is 0 Å². The fourth-order valence-electron chi connectivity index (χ4n) is 3.39. The summed E-state index contributed by atoms with van der Waals surface area (Å²) in [6.07, 6.45) is 9.24. The van der Waals surface area contributed by atoms with E-state index in [4.69, 9.17) is 0 Å². The Kier molecular flexibility index (Phi) is 5.68. The van der Waals surface area contributed by atoms with Crippen molar-refractivity contribution in [2.75, 3.05) is 33.2 Å². The van der Waals surface area contributed by atoms with Crippen LogP contribution in [0.15, 0.2) is 0 Å². The van der Waals surface area contributed by atoms with Gasteiger partial charge < -0.3 is 4.90 Å². The Hall–Kier alpha value is -0.570. The topological polar surface area (TPSA) is 23.6 Å². The summed E-state index contributed by atoms with van der Waals surface area (Å²) < 4.78 is 0. The third-order valence-corrected chi connectivity index (χ3v) is 4.92. The normalized spacial score (nSPS) is 23.5. The van der Waals surface area contributed by atoms with Crippen molar-refractivity contribution in [3.63, 3.8) is 0 Å². The molecule has 1 aliphatic carbocycles. The molecule has 0 aromatic rings. The van der Waals surface area contributed by atoms with Crippen LogP contribution in [0.4, 0.5) is 0 Å². The standard InChI is InChI=1S/C16H30N2O/c1-14-8-10-18(11-9-14)13-16(19)17(2)12-15-6-4-3-5-7-15/h14-15H,3-13H2,1-2H3. The van der Waals surface area contributed by atoms with Gasteiger partial charge >= 0.3 is 0 Å². The molecule has 1 saturated carbocycles. The quantitative estimate of drug-likeness (QED) is 0.781. The minimum atomic E-state index is 0.320. The molecule has 0 N–H and O–H groups in total. The van der Waals surface area contributed by atoms with Gasteiger partial charge in [-0.25, -0.2) is 0 Å². The lowest BCUT2D eigenvalue weighted by Gasteiger charge is -2.32. The highest BCUT2D eigenvalue weighted by Gasteiger charge is 2.22. The first kappa shape index (κ1) is 14.8. The SMILES string of the molecule is CC1CCN(CC(=O)N(C)CC2CCCCC2)CC1. The van der Waals surface area contributed by atoms with Crippen LogP contribution in [-0.2, 0) is 4.79 Å². The van der Waals surface area contributed by atoms with Crippen LogP contribution in [0.25, 0.3) is 0 Å². The van der Waals surface area contributed by atoms with Gasteiger partial charge in [0.25, 0.3) is 0 Å². The molecule has 110 valence electrons. The van der Waals surface area contributed by atoms with Gasteiger partial charge in [0.2, 0.25) is 5.91 Å². The molecule has 0 aromatic heterocycles. The second-order valence-corrected chi connectivity index (χ2v) is 6.74. The lowest BCUT2D eigenvalue weighted by molar-refractivity contribution is -0.132. The predicted molar refractivity (Wildman–Crippen MR) is 79.1 cm³/mol. The molecule has 1 saturated heterocycles. The van der Waals surface area contributed by atoms with Gasteiger partial charge in [-0.2, -0.15) is 0 Å². The number of piperidine rings is 1. The van der Waals surface area contributed by atoms with Crippen LogP contribution < -0.4 is 0 Å². The van der Waals surface area contributed by atoms with Crippen LogP contribution in [0.3, 0.4) is 0 Å². The van der Waals surface area contributed by atoms with Crippen molar-refractivity contribution < 1.29 is 4.79 Å². The second-order valence-electron chi connectivity index (χ2n) is 6.74. The molecule has 0 bridgehead atoms. The molecule has 2 fully saturated rings. The lowest BCUT2D eigenvalue weighted by atomic mass is 9.89. The minimum absolute atomic E-state index is 0.320. The monoisotopic (exact) mass is 266 g/mol. The van der Waals surface area contributed by atoms with E-state index in [-0.39, 0.29) is 0 Å². The molecular weight excluding hydrogens is 236 g/mol. The molecule has 1 amide bonds. The Balaban J connectivity index is 1.69. The van der Waals surface area contributed by atoms with E-state index in [0.717, 1.165) is 31.5 Å². The number of hydrogen-bond acceptors (Lipinski definition) is 2. The number of rotatable bonds is 4. The van der Waals surface area contributed by atoms with E-state index in [1.165, 1.54) is 44.9 Å². The zero-order valence-corrected chi connectivity index (χ0v) is 12.7. The molecule has 2 rings (SSSR count). The molecule has 2 aliphatic rings. The van der Waals surface area contributed by atoms with Gasteiger partial charge in [0, 0.05) is 13.6 Å². The van der Waals surface area contributed by atoms with E-state index in [1.54, 1.807) is 0 Å². The summed E-state index contributed by atoms with van der Waals surface area (Å²) in [5.74, 6) is 1.91. The van der Waals surface area contributed by atoms with Crippen LogP contribution in [0, 0.1) is 11.8 Å². The summed E-state index contributed by atoms with van der Waals surface area (Å²) in [7, 11) is 1.99. The highest BCUT2D eigenvalue weighted by molar-refractivity contribution is 5.78. The molecule has 0 spiro atoms. The van der Waals surface area contributed by atoms with E-state index in [9.17, 15) is 4.79 Å². The van der Waals surface area contributed by atoms with Crippen LogP contribution in [-0.4, -0.2) is 48.9 Å². The van der Waals surface area contributed by atoms with Crippen LogP contribution in [0.5, 0.6) is 0 Å². The Morgan fingerprint density at radius 2 is 1.74 bits per heavy atom. The molecule has 0 aromatic carbocycles. The average Bonchev–Trinajstić information content (AvgIpc) is 2.42. The lowest BCUT2D eigenvalue weighted by Crippen LogP contribution is -2.43. The minimum Gasteiger partial charge on any atom is -0.344 e. The molecule has 1 aliphatic heterocycles. The maximum Gasteiger partial charge on any atom is 0.236 e. The van der Waals surface area contributed by atoms with E-state index >= 15 is 0 Å². The summed E-state index contributed by atoms with van der Waals surface area (Å²) in [5.41, 5.74) is 0. The van der Waals surface area contributed by atoms with Gasteiger partial charge in [0.1, 0.15) is 0 Å². The van der Waals surface area contributed by atoms with Crippen molar-refractivity contribution in [3.05, 3.63) is 0 Å². The predicted octanol–water partition coefficient (Wildman–Crippen LogP) is 2.76. The zero-order chi connectivity index (χ0) is 13.7. The summed E-state index contributed by atoms with van der Waals surface area (Å²) in [6, 6.07) is 0. The number of likely N-dealkylation sites (N-methyl/N-ethyl adjacent to an activating group) is 1. The van der Waals surface area contributed by atoms with Gasteiger partial charge in [-0.3, -0.25) is 9.69 Å². The second kappa shape index (κ2) is 7.28. The third kappa shape index (κ3) is 4.79. The Morgan fingerprint density at radius 3 is 2.37 bits per heavy atom. The smallest absolute Gasteiger partial charge is 0.236 e. The van der Waals surface area contributed by atoms with Crippen molar-refractivity contribution in [2.24, 2.45) is 11.8 Å². The molecule has 1 heterocycles. The molecule has 0 radical (unpaired) electrons. The fourth-order valence-corrected chi connectivity index (χ4v) is 3.39. The molecule has 3 heteroatoms. The molecule has 0 unspecified atom stereocenters. The number of nitrogens with zero attached hydrogens (tertiary/aromatic N) is 2. The average molecular weight is 266 g/mol. The van der Waals surface area contributed by atoms with Gasteiger partial charge in [-0.15, -0.1) is 0 Å². The zero-order valence-electron chi connectivity index (χ0n) is 12.7. The fraction of sp³-hybridized carbons (Fsp3) is 0.938. The van der Waals surface area contributed by atoms with E-state index < -0.39 is 0 Å². The summed E-state index contributed by atoms with van der Waals surface area (Å²) >= 11 is 0. The summed E-state index contributed by atoms with van der Waals surface area (Å²) in [5, 5.41) is 0. The van der Waals surface area contributed by atoms with Crippen molar-refractivity contribution in [1.29, 1.82) is 0 Å². The maximum absolute atomic E-state index is 12.3. The number of likely N-dealkylation sites (tertiary alicyclic amines) is 1. The third-order valence-electron chi connectivity index (χ3n) is 4.92. The first-order valence-corrected chi connectivity index (χ1v) is 8.11. The number of hydrogen-bond donors (Lipinski definition) is 0. The van der Waals surface area contributed by atoms with E-state index in [2.05, 4.69) is 11.8 Å². The van der Waals surface area contributed by atoms with Crippen molar-refractivity contribution in [3.8, 4) is 0 Å². The van der Waals surface area contributed by atoms with E-state index in [0.29, 0.717) is 12.5 Å². The van der Waals surface area contributed by atoms with Gasteiger partial charge in [0.05, 0.1) is 6.54 Å². The Morgan fingerprint density at radius 1 is 1.11 bits per heavy atom. The first-order chi connectivity index (χ1) is 9.15. The Bertz CT molecular complexity index is 278. The number of carbonyl (C=O) groups is 1. The Labute approximate surface area is 118 Å². The molecule has 0 atom stereocenters. The number of carbonyl (C=O) groups excluding carboxylic acids is 1. The van der Waals surface area contributed by atoms with Crippen molar-refractivity contribution in [1.82, 2.24) is 9.80 Å². The largest absolute Gasteiger partial charge is 0.344 e. The van der Waals surface area contributed by atoms with Gasteiger partial charge in [-0.05, 0) is 50.6 Å². The number of amides is 1.